The van der Waals surface area contributed by atoms with Gasteiger partial charge < -0.3 is 14.5 Å². The number of nitrogens with zero attached hydrogens (tertiary/aromatic N) is 4. The monoisotopic (exact) mass is 562 g/mol. The predicted molar refractivity (Wildman–Crippen MR) is 158 cm³/mol. The average molecular weight is 563 g/mol. The summed E-state index contributed by atoms with van der Waals surface area (Å²) in [6, 6.07) is -0.334. The molecule has 1 unspecified atom stereocenters. The van der Waals surface area contributed by atoms with Crippen LogP contribution < -0.4 is 0 Å². The Hall–Kier alpha value is -2.42. The van der Waals surface area contributed by atoms with Crippen LogP contribution in [0.5, 0.6) is 0 Å². The number of amides is 6. The van der Waals surface area contributed by atoms with Crippen LogP contribution in [0.15, 0.2) is 12.7 Å². The fraction of sp³-hybridized carbons (Fsp3) is 0.806. The van der Waals surface area contributed by atoms with E-state index >= 15 is 0 Å². The van der Waals surface area contributed by atoms with Gasteiger partial charge in [0, 0.05) is 44.8 Å². The number of imide groups is 2. The van der Waals surface area contributed by atoms with Gasteiger partial charge in [-0.3, -0.25) is 19.4 Å². The lowest BCUT2D eigenvalue weighted by atomic mass is 9.75. The number of likely N-dealkylation sites (N-methyl/N-ethyl adjacent to an activating group) is 2. The van der Waals surface area contributed by atoms with Crippen LogP contribution in [0.25, 0.3) is 0 Å². The van der Waals surface area contributed by atoms with Crippen molar-refractivity contribution in [3.05, 3.63) is 12.7 Å². The first kappa shape index (κ1) is 33.8. The van der Waals surface area contributed by atoms with Gasteiger partial charge in [0.15, 0.2) is 0 Å². The maximum absolute atomic E-state index is 12.6. The Kier molecular flexibility index (Phi) is 13.6. The summed E-state index contributed by atoms with van der Waals surface area (Å²) in [4.78, 5) is 55.7. The van der Waals surface area contributed by atoms with E-state index in [2.05, 4.69) is 27.4 Å². The van der Waals surface area contributed by atoms with Crippen molar-refractivity contribution in [2.75, 3.05) is 52.5 Å². The van der Waals surface area contributed by atoms with Crippen LogP contribution in [0.1, 0.15) is 98.8 Å². The summed E-state index contributed by atoms with van der Waals surface area (Å²) in [5.41, 5.74) is -0.127. The number of carbonyl (C=O) groups excluding carboxylic acids is 4. The molecule has 0 aliphatic carbocycles. The first-order chi connectivity index (χ1) is 19.1. The molecule has 2 aliphatic rings. The van der Waals surface area contributed by atoms with Crippen LogP contribution in [0.4, 0.5) is 9.59 Å². The van der Waals surface area contributed by atoms with Crippen molar-refractivity contribution in [2.45, 2.75) is 98.8 Å². The third-order valence-electron chi connectivity index (χ3n) is 9.46. The van der Waals surface area contributed by atoms with Crippen LogP contribution in [0.2, 0.25) is 0 Å². The molecule has 0 saturated carbocycles. The van der Waals surface area contributed by atoms with E-state index in [0.29, 0.717) is 32.8 Å². The van der Waals surface area contributed by atoms with Crippen molar-refractivity contribution < 1.29 is 23.9 Å². The molecule has 6 amide bonds. The zero-order chi connectivity index (χ0) is 29.8. The number of rotatable bonds is 21. The van der Waals surface area contributed by atoms with Crippen molar-refractivity contribution in [1.29, 1.82) is 0 Å². The Labute approximate surface area is 242 Å². The second kappa shape index (κ2) is 16.1. The number of ether oxygens (including phenoxy) is 1. The Morgan fingerprint density at radius 2 is 1.25 bits per heavy atom. The van der Waals surface area contributed by atoms with E-state index in [0.717, 1.165) is 70.8 Å². The van der Waals surface area contributed by atoms with Crippen LogP contribution in [-0.4, -0.2) is 96.0 Å². The summed E-state index contributed by atoms with van der Waals surface area (Å²) in [6.07, 6.45) is 11.5. The highest BCUT2D eigenvalue weighted by Crippen LogP contribution is 2.37. The van der Waals surface area contributed by atoms with E-state index in [9.17, 15) is 19.2 Å². The smallest absolute Gasteiger partial charge is 0.327 e. The third-order valence-corrected chi connectivity index (χ3v) is 9.46. The summed E-state index contributed by atoms with van der Waals surface area (Å²) in [5, 5.41) is 0. The molecular formula is C31H54N4O5. The summed E-state index contributed by atoms with van der Waals surface area (Å²) < 4.78 is 5.93. The molecule has 0 spiro atoms. The lowest BCUT2D eigenvalue weighted by Crippen LogP contribution is -2.41. The molecule has 0 aromatic heterocycles. The standard InChI is InChI=1S/C31H54N4O5/c1-7-30(8-2,19-20-34-26(36)23-32(11-5)28(34)38)17-13-15-21-40-22-16-14-18-31(9-3,10-4)25-35-27(37)24-33(12-6)29(35)39/h9H,3,7-8,10-25H2,1-2,4-6H3. The topological polar surface area (TPSA) is 90.5 Å². The van der Waals surface area contributed by atoms with E-state index in [-0.39, 0.29) is 47.8 Å². The summed E-state index contributed by atoms with van der Waals surface area (Å²) in [7, 11) is 0. The molecule has 0 bridgehead atoms. The molecule has 0 aromatic rings. The van der Waals surface area contributed by atoms with Crippen LogP contribution >= 0.6 is 0 Å². The fourth-order valence-corrected chi connectivity index (χ4v) is 5.97. The lowest BCUT2D eigenvalue weighted by molar-refractivity contribution is -0.126. The van der Waals surface area contributed by atoms with E-state index in [4.69, 9.17) is 4.74 Å². The van der Waals surface area contributed by atoms with Gasteiger partial charge >= 0.3 is 12.1 Å². The Morgan fingerprint density at radius 3 is 1.73 bits per heavy atom. The first-order valence-electron chi connectivity index (χ1n) is 15.5. The van der Waals surface area contributed by atoms with Gasteiger partial charge in [0.1, 0.15) is 13.1 Å². The first-order valence-corrected chi connectivity index (χ1v) is 15.5. The van der Waals surface area contributed by atoms with Crippen molar-refractivity contribution in [3.63, 3.8) is 0 Å². The molecule has 2 rings (SSSR count). The summed E-state index contributed by atoms with van der Waals surface area (Å²) in [5.74, 6) is -0.196. The Bertz CT molecular complexity index is 874. The molecule has 2 fully saturated rings. The van der Waals surface area contributed by atoms with Gasteiger partial charge in [0.25, 0.3) is 0 Å². The molecule has 0 N–H and O–H groups in total. The van der Waals surface area contributed by atoms with Gasteiger partial charge in [-0.15, -0.1) is 6.58 Å². The van der Waals surface area contributed by atoms with Gasteiger partial charge in [-0.1, -0.05) is 52.5 Å². The number of urea groups is 2. The van der Waals surface area contributed by atoms with E-state index < -0.39 is 0 Å². The predicted octanol–water partition coefficient (Wildman–Crippen LogP) is 5.69. The van der Waals surface area contributed by atoms with Crippen LogP contribution in [-0.2, 0) is 14.3 Å². The zero-order valence-corrected chi connectivity index (χ0v) is 25.8. The highest BCUT2D eigenvalue weighted by Gasteiger charge is 2.40. The summed E-state index contributed by atoms with van der Waals surface area (Å²) in [6.45, 7) is 18.2. The van der Waals surface area contributed by atoms with Crippen molar-refractivity contribution in [1.82, 2.24) is 19.6 Å². The SMILES string of the molecule is C=CC(CC)(CCCCOCCCCC(CC)(CC)CCN1C(=O)CN(CC)C1=O)CN1C(=O)CN(CC)C1=O. The maximum atomic E-state index is 12.6. The maximum Gasteiger partial charge on any atom is 0.327 e. The second-order valence-corrected chi connectivity index (χ2v) is 11.5. The fourth-order valence-electron chi connectivity index (χ4n) is 5.97. The molecule has 0 radical (unpaired) electrons. The molecule has 2 saturated heterocycles. The van der Waals surface area contributed by atoms with Crippen molar-refractivity contribution >= 4 is 23.9 Å². The Balaban J connectivity index is 1.68. The number of unbranched alkanes of at least 4 members (excludes halogenated alkanes) is 2. The number of carbonyl (C=O) groups is 4. The van der Waals surface area contributed by atoms with Crippen LogP contribution in [0.3, 0.4) is 0 Å². The molecule has 2 aliphatic heterocycles. The van der Waals surface area contributed by atoms with Gasteiger partial charge in [0.2, 0.25) is 11.8 Å². The number of hydrogen-bond donors (Lipinski definition) is 0. The van der Waals surface area contributed by atoms with Gasteiger partial charge in [-0.25, -0.2) is 9.59 Å². The molecule has 1 atom stereocenters. The molecule has 40 heavy (non-hydrogen) atoms. The average Bonchev–Trinajstić information content (AvgIpc) is 3.40. The Morgan fingerprint density at radius 1 is 0.725 bits per heavy atom. The summed E-state index contributed by atoms with van der Waals surface area (Å²) >= 11 is 0. The lowest BCUT2D eigenvalue weighted by Gasteiger charge is -2.33. The van der Waals surface area contributed by atoms with Gasteiger partial charge in [-0.05, 0) is 57.8 Å². The van der Waals surface area contributed by atoms with Crippen molar-refractivity contribution in [3.8, 4) is 0 Å². The number of hydrogen-bond acceptors (Lipinski definition) is 5. The second-order valence-electron chi connectivity index (χ2n) is 11.5. The zero-order valence-electron chi connectivity index (χ0n) is 25.8. The van der Waals surface area contributed by atoms with E-state index in [1.807, 2.05) is 19.9 Å². The van der Waals surface area contributed by atoms with Gasteiger partial charge in [0.05, 0.1) is 0 Å². The van der Waals surface area contributed by atoms with Crippen molar-refractivity contribution in [2.24, 2.45) is 10.8 Å². The van der Waals surface area contributed by atoms with Gasteiger partial charge in [-0.2, -0.15) is 0 Å². The van der Waals surface area contributed by atoms with Crippen LogP contribution in [0, 0.1) is 10.8 Å². The third kappa shape index (κ3) is 8.54. The van der Waals surface area contributed by atoms with E-state index in [1.165, 1.54) is 9.80 Å². The molecule has 228 valence electrons. The molecular weight excluding hydrogens is 508 g/mol. The highest BCUT2D eigenvalue weighted by atomic mass is 16.5. The minimum atomic E-state index is -0.266. The molecule has 9 heteroatoms. The molecule has 0 aromatic carbocycles. The van der Waals surface area contributed by atoms with E-state index in [1.54, 1.807) is 9.80 Å². The largest absolute Gasteiger partial charge is 0.381 e. The molecule has 9 nitrogen and oxygen atoms in total. The molecule has 2 heterocycles. The quantitative estimate of drug-likeness (QED) is 0.102. The highest BCUT2D eigenvalue weighted by molar-refractivity contribution is 6.02. The minimum absolute atomic E-state index is 0.0771. The normalized spacial score (nSPS) is 17.9. The minimum Gasteiger partial charge on any atom is -0.381 e.